The number of hydrogen-bond donors (Lipinski definition) is 3. The second-order valence-electron chi connectivity index (χ2n) is 4.33. The standard InChI is InChI=1S/C15H15N3O3/c19-14(20)7-9-17-15(21)11-3-5-12(6-4-11)18-10-13-2-1-8-16-13/h1-6,8,10,16H,7,9H2,(H,17,21)(H,19,20). The van der Waals surface area contributed by atoms with Gasteiger partial charge in [-0.3, -0.25) is 14.6 Å². The number of hydrogen-bond acceptors (Lipinski definition) is 3. The van der Waals surface area contributed by atoms with Crippen molar-refractivity contribution in [3.05, 3.63) is 53.9 Å². The number of aromatic nitrogens is 1. The second kappa shape index (κ2) is 7.04. The molecular formula is C15H15N3O3. The Morgan fingerprint density at radius 2 is 2.00 bits per heavy atom. The van der Waals surface area contributed by atoms with Crippen LogP contribution in [-0.2, 0) is 4.79 Å². The summed E-state index contributed by atoms with van der Waals surface area (Å²) in [6.45, 7) is 0.112. The molecule has 0 unspecified atom stereocenters. The highest BCUT2D eigenvalue weighted by Crippen LogP contribution is 2.13. The number of amides is 1. The van der Waals surface area contributed by atoms with Crippen LogP contribution in [0.3, 0.4) is 0 Å². The summed E-state index contributed by atoms with van der Waals surface area (Å²) in [7, 11) is 0. The van der Waals surface area contributed by atoms with E-state index < -0.39 is 5.97 Å². The van der Waals surface area contributed by atoms with E-state index in [1.54, 1.807) is 30.5 Å². The summed E-state index contributed by atoms with van der Waals surface area (Å²) in [6, 6.07) is 10.5. The molecule has 0 fully saturated rings. The quantitative estimate of drug-likeness (QED) is 0.708. The minimum absolute atomic E-state index is 0.0930. The summed E-state index contributed by atoms with van der Waals surface area (Å²) in [5.41, 5.74) is 2.09. The summed E-state index contributed by atoms with van der Waals surface area (Å²) in [5, 5.41) is 11.0. The molecule has 1 aromatic heterocycles. The molecular weight excluding hydrogens is 270 g/mol. The van der Waals surface area contributed by atoms with Crippen molar-refractivity contribution in [1.29, 1.82) is 0 Å². The number of carboxylic acid groups (broad SMARTS) is 1. The molecule has 21 heavy (non-hydrogen) atoms. The number of carbonyl (C=O) groups excluding carboxylic acids is 1. The van der Waals surface area contributed by atoms with Gasteiger partial charge in [-0.25, -0.2) is 0 Å². The first-order valence-corrected chi connectivity index (χ1v) is 6.42. The van der Waals surface area contributed by atoms with Gasteiger partial charge in [0.25, 0.3) is 5.91 Å². The van der Waals surface area contributed by atoms with Crippen LogP contribution in [-0.4, -0.2) is 34.7 Å². The molecule has 0 spiro atoms. The highest BCUT2D eigenvalue weighted by atomic mass is 16.4. The lowest BCUT2D eigenvalue weighted by molar-refractivity contribution is -0.136. The number of aliphatic imine (C=N–C) groups is 1. The molecule has 0 aliphatic rings. The fourth-order valence-corrected chi connectivity index (χ4v) is 1.65. The van der Waals surface area contributed by atoms with E-state index in [1.807, 2.05) is 18.3 Å². The average molecular weight is 285 g/mol. The van der Waals surface area contributed by atoms with Gasteiger partial charge in [0.05, 0.1) is 24.0 Å². The minimum Gasteiger partial charge on any atom is -0.481 e. The number of aromatic amines is 1. The topological polar surface area (TPSA) is 94.6 Å². The van der Waals surface area contributed by atoms with E-state index in [4.69, 9.17) is 5.11 Å². The molecule has 0 aliphatic heterocycles. The van der Waals surface area contributed by atoms with Crippen molar-refractivity contribution in [2.24, 2.45) is 4.99 Å². The summed E-state index contributed by atoms with van der Waals surface area (Å²) < 4.78 is 0. The van der Waals surface area contributed by atoms with Crippen molar-refractivity contribution in [3.8, 4) is 0 Å². The monoisotopic (exact) mass is 285 g/mol. The normalized spacial score (nSPS) is 10.7. The Labute approximate surface area is 121 Å². The molecule has 6 nitrogen and oxygen atoms in total. The molecule has 0 saturated heterocycles. The third kappa shape index (κ3) is 4.61. The Morgan fingerprint density at radius 3 is 2.62 bits per heavy atom. The van der Waals surface area contributed by atoms with Crippen LogP contribution in [0.5, 0.6) is 0 Å². The zero-order valence-electron chi connectivity index (χ0n) is 11.2. The summed E-state index contributed by atoms with van der Waals surface area (Å²) >= 11 is 0. The van der Waals surface area contributed by atoms with Crippen molar-refractivity contribution in [2.75, 3.05) is 6.54 Å². The number of nitrogens with one attached hydrogen (secondary N) is 2. The molecule has 1 aromatic carbocycles. The summed E-state index contributed by atoms with van der Waals surface area (Å²) in [4.78, 5) is 29.4. The Balaban J connectivity index is 1.92. The summed E-state index contributed by atoms with van der Waals surface area (Å²) in [5.74, 6) is -1.24. The maximum atomic E-state index is 11.7. The number of rotatable bonds is 6. The van der Waals surface area contributed by atoms with E-state index >= 15 is 0 Å². The van der Waals surface area contributed by atoms with Crippen LogP contribution < -0.4 is 5.32 Å². The van der Waals surface area contributed by atoms with Gasteiger partial charge >= 0.3 is 5.97 Å². The molecule has 108 valence electrons. The maximum Gasteiger partial charge on any atom is 0.305 e. The molecule has 2 aromatic rings. The number of carbonyl (C=O) groups is 2. The Hall–Kier alpha value is -2.89. The lowest BCUT2D eigenvalue weighted by Crippen LogP contribution is -2.25. The van der Waals surface area contributed by atoms with Crippen molar-refractivity contribution in [2.45, 2.75) is 6.42 Å². The lowest BCUT2D eigenvalue weighted by Gasteiger charge is -2.03. The van der Waals surface area contributed by atoms with Gasteiger partial charge in [0.15, 0.2) is 0 Å². The first-order valence-electron chi connectivity index (χ1n) is 6.42. The van der Waals surface area contributed by atoms with Crippen molar-refractivity contribution in [3.63, 3.8) is 0 Å². The van der Waals surface area contributed by atoms with Gasteiger partial charge in [-0.1, -0.05) is 0 Å². The van der Waals surface area contributed by atoms with E-state index in [1.165, 1.54) is 0 Å². The highest BCUT2D eigenvalue weighted by Gasteiger charge is 2.05. The predicted molar refractivity (Wildman–Crippen MR) is 79.1 cm³/mol. The second-order valence-corrected chi connectivity index (χ2v) is 4.33. The molecule has 0 bridgehead atoms. The van der Waals surface area contributed by atoms with Crippen LogP contribution in [0, 0.1) is 0 Å². The molecule has 0 saturated carbocycles. The Bertz CT molecular complexity index is 631. The van der Waals surface area contributed by atoms with Gasteiger partial charge < -0.3 is 15.4 Å². The number of nitrogens with zero attached hydrogens (tertiary/aromatic N) is 1. The maximum absolute atomic E-state index is 11.7. The lowest BCUT2D eigenvalue weighted by atomic mass is 10.2. The third-order valence-electron chi connectivity index (χ3n) is 2.73. The van der Waals surface area contributed by atoms with E-state index in [0.29, 0.717) is 5.56 Å². The van der Waals surface area contributed by atoms with E-state index in [0.717, 1.165) is 11.4 Å². The van der Waals surface area contributed by atoms with Gasteiger partial charge in [0.1, 0.15) is 0 Å². The van der Waals surface area contributed by atoms with Crippen LogP contribution in [0.2, 0.25) is 0 Å². The van der Waals surface area contributed by atoms with Gasteiger partial charge in [-0.2, -0.15) is 0 Å². The molecule has 2 rings (SSSR count). The summed E-state index contributed by atoms with van der Waals surface area (Å²) in [6.07, 6.45) is 3.41. The fraction of sp³-hybridized carbons (Fsp3) is 0.133. The van der Waals surface area contributed by atoms with Crippen LogP contribution in [0.4, 0.5) is 5.69 Å². The zero-order chi connectivity index (χ0) is 15.1. The molecule has 3 N–H and O–H groups in total. The fourth-order valence-electron chi connectivity index (χ4n) is 1.65. The zero-order valence-corrected chi connectivity index (χ0v) is 11.2. The predicted octanol–water partition coefficient (Wildman–Crippen LogP) is 1.97. The number of H-pyrrole nitrogens is 1. The molecule has 6 heteroatoms. The smallest absolute Gasteiger partial charge is 0.305 e. The minimum atomic E-state index is -0.940. The SMILES string of the molecule is O=C(O)CCNC(=O)c1ccc(N=Cc2ccc[nH]2)cc1. The van der Waals surface area contributed by atoms with Crippen LogP contribution in [0.15, 0.2) is 47.6 Å². The molecule has 0 aliphatic carbocycles. The molecule has 1 heterocycles. The van der Waals surface area contributed by atoms with Crippen LogP contribution in [0.1, 0.15) is 22.5 Å². The Kier molecular flexibility index (Phi) is 4.87. The highest BCUT2D eigenvalue weighted by molar-refractivity contribution is 5.94. The third-order valence-corrected chi connectivity index (χ3v) is 2.73. The van der Waals surface area contributed by atoms with Crippen molar-refractivity contribution in [1.82, 2.24) is 10.3 Å². The number of benzene rings is 1. The first-order chi connectivity index (χ1) is 10.1. The largest absolute Gasteiger partial charge is 0.481 e. The molecule has 0 atom stereocenters. The number of carboxylic acids is 1. The van der Waals surface area contributed by atoms with E-state index in [2.05, 4.69) is 15.3 Å². The van der Waals surface area contributed by atoms with E-state index in [-0.39, 0.29) is 18.9 Å². The van der Waals surface area contributed by atoms with Crippen molar-refractivity contribution >= 4 is 23.8 Å². The van der Waals surface area contributed by atoms with Crippen LogP contribution in [0.25, 0.3) is 0 Å². The van der Waals surface area contributed by atoms with Gasteiger partial charge in [0.2, 0.25) is 0 Å². The van der Waals surface area contributed by atoms with Gasteiger partial charge in [-0.05, 0) is 36.4 Å². The average Bonchev–Trinajstić information content (AvgIpc) is 2.98. The van der Waals surface area contributed by atoms with E-state index in [9.17, 15) is 9.59 Å². The Morgan fingerprint density at radius 1 is 1.24 bits per heavy atom. The van der Waals surface area contributed by atoms with Gasteiger partial charge in [-0.15, -0.1) is 0 Å². The first kappa shape index (κ1) is 14.5. The molecule has 1 amide bonds. The van der Waals surface area contributed by atoms with Gasteiger partial charge in [0, 0.05) is 18.3 Å². The molecule has 0 radical (unpaired) electrons. The van der Waals surface area contributed by atoms with Crippen LogP contribution >= 0.6 is 0 Å². The van der Waals surface area contributed by atoms with Crippen molar-refractivity contribution < 1.29 is 14.7 Å². The number of aliphatic carboxylic acids is 1.